The number of pyridine rings is 2. The topological polar surface area (TPSA) is 84.2 Å². The predicted molar refractivity (Wildman–Crippen MR) is 97.2 cm³/mol. The molecule has 0 aliphatic heterocycles. The molecule has 1 aliphatic carbocycles. The second-order valence-corrected chi connectivity index (χ2v) is 6.24. The van der Waals surface area contributed by atoms with Gasteiger partial charge in [0, 0.05) is 30.7 Å². The summed E-state index contributed by atoms with van der Waals surface area (Å²) < 4.78 is 1.44. The van der Waals surface area contributed by atoms with Crippen molar-refractivity contribution in [1.82, 2.24) is 9.55 Å². The molecule has 2 atom stereocenters. The maximum atomic E-state index is 12.9. The fourth-order valence-electron chi connectivity index (χ4n) is 3.42. The molecule has 130 valence electrons. The highest BCUT2D eigenvalue weighted by Gasteiger charge is 2.33. The molecule has 1 aromatic carbocycles. The van der Waals surface area contributed by atoms with Crippen LogP contribution in [0.2, 0.25) is 0 Å². The van der Waals surface area contributed by atoms with Crippen LogP contribution in [0.15, 0.2) is 71.9 Å². The van der Waals surface area contributed by atoms with Crippen molar-refractivity contribution in [3.8, 4) is 0 Å². The summed E-state index contributed by atoms with van der Waals surface area (Å²) in [6.07, 6.45) is 4.51. The van der Waals surface area contributed by atoms with E-state index in [-0.39, 0.29) is 5.56 Å². The smallest absolute Gasteiger partial charge is 0.264 e. The van der Waals surface area contributed by atoms with Gasteiger partial charge in [-0.05, 0) is 35.4 Å². The molecule has 6 heteroatoms. The number of rotatable bonds is 3. The first-order valence-corrected chi connectivity index (χ1v) is 8.33. The van der Waals surface area contributed by atoms with Crippen LogP contribution in [0.4, 0.5) is 5.69 Å². The van der Waals surface area contributed by atoms with Gasteiger partial charge < -0.3 is 15.0 Å². The molecule has 2 N–H and O–H groups in total. The zero-order chi connectivity index (χ0) is 18.1. The third-order valence-corrected chi connectivity index (χ3v) is 4.62. The summed E-state index contributed by atoms with van der Waals surface area (Å²) in [7, 11) is 0. The second-order valence-electron chi connectivity index (χ2n) is 6.24. The summed E-state index contributed by atoms with van der Waals surface area (Å²) in [5.41, 5.74) is 2.09. The normalized spacial score (nSPS) is 18.3. The Hall–Kier alpha value is -3.25. The first-order valence-electron chi connectivity index (χ1n) is 8.33. The van der Waals surface area contributed by atoms with Gasteiger partial charge in [0.1, 0.15) is 5.56 Å². The van der Waals surface area contributed by atoms with Gasteiger partial charge in [-0.2, -0.15) is 0 Å². The van der Waals surface area contributed by atoms with Crippen molar-refractivity contribution >= 4 is 11.6 Å². The Bertz CT molecular complexity index is 1010. The van der Waals surface area contributed by atoms with E-state index in [1.54, 1.807) is 36.8 Å². The molecule has 0 radical (unpaired) electrons. The number of carbonyl (C=O) groups excluding carboxylic acids is 1. The van der Waals surface area contributed by atoms with Crippen LogP contribution in [0.5, 0.6) is 0 Å². The van der Waals surface area contributed by atoms with Crippen LogP contribution in [0.25, 0.3) is 0 Å². The number of hydrogen-bond donors (Lipinski definition) is 2. The van der Waals surface area contributed by atoms with Crippen molar-refractivity contribution in [2.45, 2.75) is 18.6 Å². The molecule has 0 saturated carbocycles. The number of aliphatic hydroxyl groups is 1. The fourth-order valence-corrected chi connectivity index (χ4v) is 3.42. The molecule has 3 aromatic rings. The third kappa shape index (κ3) is 2.80. The molecule has 26 heavy (non-hydrogen) atoms. The molecule has 0 saturated heterocycles. The Morgan fingerprint density at radius 2 is 1.88 bits per heavy atom. The minimum absolute atomic E-state index is 0.0286. The number of hydrogen-bond acceptors (Lipinski definition) is 4. The molecule has 0 fully saturated rings. The average Bonchev–Trinajstić information content (AvgIpc) is 2.98. The van der Waals surface area contributed by atoms with Crippen molar-refractivity contribution in [3.63, 3.8) is 0 Å². The monoisotopic (exact) mass is 347 g/mol. The van der Waals surface area contributed by atoms with Crippen molar-refractivity contribution in [3.05, 3.63) is 94.2 Å². The summed E-state index contributed by atoms with van der Waals surface area (Å²) in [6, 6.07) is 13.6. The van der Waals surface area contributed by atoms with Crippen LogP contribution < -0.4 is 10.9 Å². The highest BCUT2D eigenvalue weighted by Crippen LogP contribution is 2.33. The number of nitrogens with zero attached hydrogens (tertiary/aromatic N) is 2. The molecular formula is C20H17N3O3. The van der Waals surface area contributed by atoms with Crippen molar-refractivity contribution in [2.75, 3.05) is 5.32 Å². The van der Waals surface area contributed by atoms with Gasteiger partial charge in [0.25, 0.3) is 11.5 Å². The molecule has 2 heterocycles. The van der Waals surface area contributed by atoms with E-state index < -0.39 is 23.6 Å². The highest BCUT2D eigenvalue weighted by molar-refractivity contribution is 6.03. The molecule has 0 bridgehead atoms. The van der Waals surface area contributed by atoms with Gasteiger partial charge in [-0.15, -0.1) is 0 Å². The molecule has 6 nitrogen and oxygen atoms in total. The van der Waals surface area contributed by atoms with Gasteiger partial charge in [-0.3, -0.25) is 14.6 Å². The highest BCUT2D eigenvalue weighted by atomic mass is 16.3. The molecule has 2 aromatic heterocycles. The average molecular weight is 347 g/mol. The first kappa shape index (κ1) is 16.2. The maximum absolute atomic E-state index is 12.9. The number of aromatic nitrogens is 2. The lowest BCUT2D eigenvalue weighted by Crippen LogP contribution is -2.34. The van der Waals surface area contributed by atoms with Crippen LogP contribution >= 0.6 is 0 Å². The number of fused-ring (bicyclic) bond motifs is 1. The van der Waals surface area contributed by atoms with E-state index in [1.807, 2.05) is 24.3 Å². The molecule has 0 spiro atoms. The Kier molecular flexibility index (Phi) is 4.10. The van der Waals surface area contributed by atoms with E-state index >= 15 is 0 Å². The first-order chi connectivity index (χ1) is 12.6. The lowest BCUT2D eigenvalue weighted by atomic mass is 10.1. The second kappa shape index (κ2) is 6.57. The van der Waals surface area contributed by atoms with Crippen molar-refractivity contribution in [2.24, 2.45) is 0 Å². The van der Waals surface area contributed by atoms with E-state index in [4.69, 9.17) is 0 Å². The third-order valence-electron chi connectivity index (χ3n) is 4.62. The van der Waals surface area contributed by atoms with E-state index in [9.17, 15) is 14.7 Å². The molecule has 4 rings (SSSR count). The van der Waals surface area contributed by atoms with Crippen LogP contribution in [-0.2, 0) is 6.42 Å². The minimum Gasteiger partial charge on any atom is -0.390 e. The lowest BCUT2D eigenvalue weighted by molar-refractivity contribution is 0.102. The zero-order valence-corrected chi connectivity index (χ0v) is 13.9. The number of carbonyl (C=O) groups is 1. The summed E-state index contributed by atoms with van der Waals surface area (Å²) in [4.78, 5) is 29.3. The number of amides is 1. The predicted octanol–water partition coefficient (Wildman–Crippen LogP) is 2.00. The maximum Gasteiger partial charge on any atom is 0.264 e. The molecule has 0 unspecified atom stereocenters. The van der Waals surface area contributed by atoms with Crippen molar-refractivity contribution < 1.29 is 9.90 Å². The van der Waals surface area contributed by atoms with E-state index in [1.165, 1.54) is 10.6 Å². The van der Waals surface area contributed by atoms with Gasteiger partial charge in [0.05, 0.1) is 12.1 Å². The zero-order valence-electron chi connectivity index (χ0n) is 13.9. The van der Waals surface area contributed by atoms with E-state index in [0.717, 1.165) is 11.1 Å². The number of nitrogens with one attached hydrogen (secondary N) is 1. The van der Waals surface area contributed by atoms with E-state index in [2.05, 4.69) is 10.3 Å². The Morgan fingerprint density at radius 1 is 1.12 bits per heavy atom. The SMILES string of the molecule is O=C(Nc1ccncc1)c1cccn([C@H]2c3ccccc3C[C@H]2O)c1=O. The van der Waals surface area contributed by atoms with Crippen molar-refractivity contribution in [1.29, 1.82) is 0 Å². The summed E-state index contributed by atoms with van der Waals surface area (Å²) in [5.74, 6) is -0.490. The van der Waals surface area contributed by atoms with Crippen LogP contribution in [0.1, 0.15) is 27.5 Å². The molecular weight excluding hydrogens is 330 g/mol. The number of benzene rings is 1. The summed E-state index contributed by atoms with van der Waals surface area (Å²) in [5, 5.41) is 13.2. The number of aliphatic hydroxyl groups excluding tert-OH is 1. The van der Waals surface area contributed by atoms with Gasteiger partial charge in [0.15, 0.2) is 0 Å². The quantitative estimate of drug-likeness (QED) is 0.759. The largest absolute Gasteiger partial charge is 0.390 e. The lowest BCUT2D eigenvalue weighted by Gasteiger charge is -2.20. The number of anilines is 1. The fraction of sp³-hybridized carbons (Fsp3) is 0.150. The molecule has 1 aliphatic rings. The van der Waals surface area contributed by atoms with Crippen LogP contribution in [-0.4, -0.2) is 26.7 Å². The van der Waals surface area contributed by atoms with Gasteiger partial charge in [-0.25, -0.2) is 0 Å². The van der Waals surface area contributed by atoms with Crippen LogP contribution in [0.3, 0.4) is 0 Å². The standard InChI is InChI=1S/C20H17N3O3/c24-17-12-13-4-1-2-5-15(13)18(17)23-11-3-6-16(20(23)26)19(25)22-14-7-9-21-10-8-14/h1-11,17-18,24H,12H2,(H,21,22,25)/t17-,18+/m1/s1. The summed E-state index contributed by atoms with van der Waals surface area (Å²) >= 11 is 0. The Balaban J connectivity index is 1.71. The van der Waals surface area contributed by atoms with Crippen LogP contribution in [0, 0.1) is 0 Å². The minimum atomic E-state index is -0.705. The van der Waals surface area contributed by atoms with Gasteiger partial charge in [0.2, 0.25) is 0 Å². The molecule has 1 amide bonds. The van der Waals surface area contributed by atoms with Gasteiger partial charge in [-0.1, -0.05) is 24.3 Å². The van der Waals surface area contributed by atoms with E-state index in [0.29, 0.717) is 12.1 Å². The summed E-state index contributed by atoms with van der Waals surface area (Å²) in [6.45, 7) is 0. The van der Waals surface area contributed by atoms with Gasteiger partial charge >= 0.3 is 0 Å². The Labute approximate surface area is 149 Å². The Morgan fingerprint density at radius 3 is 2.69 bits per heavy atom.